The molecule has 88 valence electrons. The zero-order valence-electron chi connectivity index (χ0n) is 9.55. The molecular formula is C11H22N2OS. The van der Waals surface area contributed by atoms with E-state index in [-0.39, 0.29) is 10.3 Å². The first-order valence-electron chi connectivity index (χ1n) is 5.71. The first-order chi connectivity index (χ1) is 7.16. The van der Waals surface area contributed by atoms with Crippen molar-refractivity contribution in [3.8, 4) is 0 Å². The van der Waals surface area contributed by atoms with Gasteiger partial charge in [0.05, 0.1) is 0 Å². The number of nitrogens with two attached hydrogens (primary N) is 1. The van der Waals surface area contributed by atoms with Crippen LogP contribution < -0.4 is 5.73 Å². The molecule has 0 radical (unpaired) electrons. The number of amidine groups is 1. The Balaban J connectivity index is 3.16. The van der Waals surface area contributed by atoms with E-state index in [1.807, 2.05) is 0 Å². The maximum atomic E-state index is 11.1. The summed E-state index contributed by atoms with van der Waals surface area (Å²) in [6, 6.07) is 0. The van der Waals surface area contributed by atoms with Crippen molar-refractivity contribution in [2.45, 2.75) is 58.3 Å². The van der Waals surface area contributed by atoms with Crippen LogP contribution in [0.15, 0.2) is 0 Å². The summed E-state index contributed by atoms with van der Waals surface area (Å²) in [5, 5.41) is 6.87. The van der Waals surface area contributed by atoms with Crippen molar-refractivity contribution in [1.29, 1.82) is 5.41 Å². The summed E-state index contributed by atoms with van der Waals surface area (Å²) in [6.07, 6.45) is 9.01. The van der Waals surface area contributed by atoms with E-state index < -0.39 is 0 Å². The molecule has 15 heavy (non-hydrogen) atoms. The molecule has 0 aromatic heterocycles. The third-order valence-corrected chi connectivity index (χ3v) is 2.86. The smallest absolute Gasteiger partial charge is 0.196 e. The molecule has 0 heterocycles. The van der Waals surface area contributed by atoms with Crippen LogP contribution in [0.3, 0.4) is 0 Å². The third-order valence-electron chi connectivity index (χ3n) is 2.21. The molecule has 0 amide bonds. The second-order valence-electron chi connectivity index (χ2n) is 3.71. The summed E-state index contributed by atoms with van der Waals surface area (Å²) in [5.74, 6) is 0. The topological polar surface area (TPSA) is 66.9 Å². The molecule has 3 N–H and O–H groups in total. The van der Waals surface area contributed by atoms with Crippen molar-refractivity contribution in [2.75, 3.05) is 0 Å². The van der Waals surface area contributed by atoms with Crippen LogP contribution in [0.1, 0.15) is 58.3 Å². The van der Waals surface area contributed by atoms with Gasteiger partial charge < -0.3 is 5.73 Å². The van der Waals surface area contributed by atoms with Crippen molar-refractivity contribution in [3.63, 3.8) is 0 Å². The van der Waals surface area contributed by atoms with E-state index in [9.17, 15) is 4.79 Å². The van der Waals surface area contributed by atoms with Gasteiger partial charge in [0.2, 0.25) is 0 Å². The van der Waals surface area contributed by atoms with Gasteiger partial charge in [0.1, 0.15) is 0 Å². The summed E-state index contributed by atoms with van der Waals surface area (Å²) in [7, 11) is 0. The number of rotatable bonds is 8. The van der Waals surface area contributed by atoms with Crippen molar-refractivity contribution < 1.29 is 4.79 Å². The van der Waals surface area contributed by atoms with Crippen LogP contribution in [-0.2, 0) is 4.79 Å². The Morgan fingerprint density at radius 2 is 1.67 bits per heavy atom. The number of unbranched alkanes of at least 4 members (excludes halogenated alkanes) is 6. The molecule has 4 heteroatoms. The fourth-order valence-corrected chi connectivity index (χ4v) is 1.89. The summed E-state index contributed by atoms with van der Waals surface area (Å²) < 4.78 is 0. The summed E-state index contributed by atoms with van der Waals surface area (Å²) in [6.45, 7) is 2.21. The van der Waals surface area contributed by atoms with Gasteiger partial charge >= 0.3 is 0 Å². The Labute approximate surface area is 96.7 Å². The molecule has 0 saturated carbocycles. The van der Waals surface area contributed by atoms with Gasteiger partial charge in [-0.15, -0.1) is 0 Å². The van der Waals surface area contributed by atoms with Gasteiger partial charge in [-0.3, -0.25) is 10.2 Å². The van der Waals surface area contributed by atoms with E-state index in [0.717, 1.165) is 24.6 Å². The largest absolute Gasteiger partial charge is 0.378 e. The van der Waals surface area contributed by atoms with Gasteiger partial charge in [-0.2, -0.15) is 0 Å². The van der Waals surface area contributed by atoms with Gasteiger partial charge in [-0.25, -0.2) is 0 Å². The molecule has 0 saturated heterocycles. The Morgan fingerprint density at radius 3 is 2.20 bits per heavy atom. The Bertz CT molecular complexity index is 195. The molecule has 0 unspecified atom stereocenters. The molecule has 0 bridgehead atoms. The van der Waals surface area contributed by atoms with Crippen molar-refractivity contribution in [3.05, 3.63) is 0 Å². The van der Waals surface area contributed by atoms with E-state index in [1.165, 1.54) is 32.1 Å². The molecule has 0 aromatic rings. The molecule has 0 aliphatic heterocycles. The van der Waals surface area contributed by atoms with Crippen molar-refractivity contribution in [2.24, 2.45) is 5.73 Å². The van der Waals surface area contributed by atoms with E-state index in [4.69, 9.17) is 11.1 Å². The zero-order valence-corrected chi connectivity index (χ0v) is 10.4. The summed E-state index contributed by atoms with van der Waals surface area (Å²) in [5.41, 5.74) is 5.10. The van der Waals surface area contributed by atoms with Crippen LogP contribution >= 0.6 is 11.8 Å². The fourth-order valence-electron chi connectivity index (χ4n) is 1.40. The Morgan fingerprint density at radius 1 is 1.13 bits per heavy atom. The van der Waals surface area contributed by atoms with Gasteiger partial charge in [0, 0.05) is 6.42 Å². The molecule has 0 aromatic carbocycles. The summed E-state index contributed by atoms with van der Waals surface area (Å²) in [4.78, 5) is 11.1. The van der Waals surface area contributed by atoms with Crippen LogP contribution in [0.2, 0.25) is 0 Å². The number of nitrogens with one attached hydrogen (secondary N) is 1. The highest BCUT2D eigenvalue weighted by molar-refractivity contribution is 8.26. The van der Waals surface area contributed by atoms with Crippen LogP contribution in [0, 0.1) is 5.41 Å². The average Bonchev–Trinajstić information content (AvgIpc) is 2.15. The molecular weight excluding hydrogens is 208 g/mol. The minimum absolute atomic E-state index is 0.0241. The van der Waals surface area contributed by atoms with E-state index >= 15 is 0 Å². The predicted molar refractivity (Wildman–Crippen MR) is 67.1 cm³/mol. The second kappa shape index (κ2) is 10.0. The number of hydrogen-bond donors (Lipinski definition) is 2. The second-order valence-corrected chi connectivity index (χ2v) is 4.81. The van der Waals surface area contributed by atoms with E-state index in [2.05, 4.69) is 6.92 Å². The molecule has 0 aliphatic rings. The lowest BCUT2D eigenvalue weighted by Crippen LogP contribution is -2.07. The maximum Gasteiger partial charge on any atom is 0.196 e. The third kappa shape index (κ3) is 11.4. The van der Waals surface area contributed by atoms with E-state index in [0.29, 0.717) is 6.42 Å². The van der Waals surface area contributed by atoms with Crippen LogP contribution in [0.25, 0.3) is 0 Å². The first kappa shape index (κ1) is 14.5. The van der Waals surface area contributed by atoms with Crippen LogP contribution in [-0.4, -0.2) is 10.3 Å². The Kier molecular flexibility index (Phi) is 9.68. The monoisotopic (exact) mass is 230 g/mol. The molecule has 3 nitrogen and oxygen atoms in total. The highest BCUT2D eigenvalue weighted by Crippen LogP contribution is 2.11. The lowest BCUT2D eigenvalue weighted by Gasteiger charge is -2.00. The van der Waals surface area contributed by atoms with E-state index in [1.54, 1.807) is 0 Å². The zero-order chi connectivity index (χ0) is 11.5. The molecule has 0 atom stereocenters. The number of carbonyl (C=O) groups excluding carboxylic acids is 1. The SMILES string of the molecule is CCCCCCCCCC(=O)SC(=N)N. The number of carbonyl (C=O) groups is 1. The number of thioether (sulfide) groups is 1. The van der Waals surface area contributed by atoms with Gasteiger partial charge in [0.25, 0.3) is 0 Å². The van der Waals surface area contributed by atoms with Crippen LogP contribution in [0.5, 0.6) is 0 Å². The predicted octanol–water partition coefficient (Wildman–Crippen LogP) is 3.28. The minimum Gasteiger partial charge on any atom is -0.378 e. The van der Waals surface area contributed by atoms with Gasteiger partial charge in [-0.1, -0.05) is 45.4 Å². The molecule has 0 rings (SSSR count). The van der Waals surface area contributed by atoms with Crippen molar-refractivity contribution in [1.82, 2.24) is 0 Å². The van der Waals surface area contributed by atoms with Gasteiger partial charge in [-0.05, 0) is 18.2 Å². The average molecular weight is 230 g/mol. The standard InChI is InChI=1S/C11H22N2OS/c1-2-3-4-5-6-7-8-9-10(14)15-11(12)13/h2-9H2,1H3,(H3,12,13). The minimum atomic E-state index is -0.0945. The van der Waals surface area contributed by atoms with Gasteiger partial charge in [0.15, 0.2) is 10.3 Å². The van der Waals surface area contributed by atoms with Crippen molar-refractivity contribution >= 4 is 22.0 Å². The maximum absolute atomic E-state index is 11.1. The lowest BCUT2D eigenvalue weighted by molar-refractivity contribution is -0.111. The molecule has 0 aliphatic carbocycles. The normalized spacial score (nSPS) is 10.2. The molecule has 0 spiro atoms. The quantitative estimate of drug-likeness (QED) is 0.382. The first-order valence-corrected chi connectivity index (χ1v) is 6.53. The fraction of sp³-hybridized carbons (Fsp3) is 0.818. The number of hydrogen-bond acceptors (Lipinski definition) is 3. The van der Waals surface area contributed by atoms with Crippen LogP contribution in [0.4, 0.5) is 0 Å². The highest BCUT2D eigenvalue weighted by Gasteiger charge is 2.03. The lowest BCUT2D eigenvalue weighted by atomic mass is 10.1. The summed E-state index contributed by atoms with van der Waals surface area (Å²) >= 11 is 0.849. The molecule has 0 fully saturated rings. The highest BCUT2D eigenvalue weighted by atomic mass is 32.2. The Hall–Kier alpha value is -0.510.